The molecule has 2 aromatic rings. The first-order chi connectivity index (χ1) is 11.7. The number of thioether (sulfide) groups is 1. The minimum atomic E-state index is -4.48. The van der Waals surface area contributed by atoms with Crippen LogP contribution in [0.3, 0.4) is 0 Å². The maximum absolute atomic E-state index is 12.6. The van der Waals surface area contributed by atoms with Crippen molar-refractivity contribution in [1.82, 2.24) is 5.16 Å². The molecule has 0 saturated heterocycles. The van der Waals surface area contributed by atoms with E-state index in [1.165, 1.54) is 12.1 Å². The van der Waals surface area contributed by atoms with Gasteiger partial charge in [-0.2, -0.15) is 13.2 Å². The molecule has 1 aromatic heterocycles. The molecule has 0 radical (unpaired) electrons. The molecular formula is C15H14F3N3O3S. The number of amides is 2. The average molecular weight is 373 g/mol. The predicted molar refractivity (Wildman–Crippen MR) is 87.3 cm³/mol. The summed E-state index contributed by atoms with van der Waals surface area (Å²) in [7, 11) is 0. The van der Waals surface area contributed by atoms with Crippen molar-refractivity contribution in [2.45, 2.75) is 13.1 Å². The standard InChI is InChI=1S/C15H14F3N3O3S/c1-9-5-12(21-24-9)20-14(23)8-25-7-13(22)19-11-4-2-3-10(6-11)15(16,17)18/h2-6H,7-8H2,1H3,(H,19,22)(H,20,21,23). The first-order valence-electron chi connectivity index (χ1n) is 7.02. The summed E-state index contributed by atoms with van der Waals surface area (Å²) in [6.45, 7) is 1.68. The Kier molecular flexibility index (Phi) is 6.07. The lowest BCUT2D eigenvalue weighted by molar-refractivity contribution is -0.137. The monoisotopic (exact) mass is 373 g/mol. The maximum atomic E-state index is 12.6. The molecule has 134 valence electrons. The van der Waals surface area contributed by atoms with Crippen LogP contribution in [0.2, 0.25) is 0 Å². The van der Waals surface area contributed by atoms with Gasteiger partial charge in [0.25, 0.3) is 0 Å². The lowest BCUT2D eigenvalue weighted by atomic mass is 10.2. The van der Waals surface area contributed by atoms with Crippen molar-refractivity contribution in [1.29, 1.82) is 0 Å². The molecule has 0 fully saturated rings. The molecule has 2 rings (SSSR count). The molecule has 0 aliphatic heterocycles. The fourth-order valence-corrected chi connectivity index (χ4v) is 2.43. The number of benzene rings is 1. The Balaban J connectivity index is 1.76. The molecule has 0 aliphatic carbocycles. The van der Waals surface area contributed by atoms with Crippen molar-refractivity contribution in [3.05, 3.63) is 41.7 Å². The molecule has 2 amide bonds. The number of anilines is 2. The smallest absolute Gasteiger partial charge is 0.360 e. The van der Waals surface area contributed by atoms with E-state index < -0.39 is 17.6 Å². The average Bonchev–Trinajstić information content (AvgIpc) is 2.91. The van der Waals surface area contributed by atoms with Crippen molar-refractivity contribution in [3.63, 3.8) is 0 Å². The predicted octanol–water partition coefficient (Wildman–Crippen LogP) is 3.31. The van der Waals surface area contributed by atoms with Crippen LogP contribution in [0.4, 0.5) is 24.7 Å². The highest BCUT2D eigenvalue weighted by Crippen LogP contribution is 2.30. The summed E-state index contributed by atoms with van der Waals surface area (Å²) >= 11 is 1.02. The van der Waals surface area contributed by atoms with Crippen LogP contribution < -0.4 is 10.6 Å². The van der Waals surface area contributed by atoms with E-state index >= 15 is 0 Å². The van der Waals surface area contributed by atoms with Gasteiger partial charge in [-0.25, -0.2) is 0 Å². The Hall–Kier alpha value is -2.49. The first-order valence-corrected chi connectivity index (χ1v) is 8.17. The van der Waals surface area contributed by atoms with E-state index in [4.69, 9.17) is 4.52 Å². The number of carbonyl (C=O) groups is 2. The molecular weight excluding hydrogens is 359 g/mol. The minimum Gasteiger partial charge on any atom is -0.360 e. The van der Waals surface area contributed by atoms with Crippen LogP contribution in [-0.2, 0) is 15.8 Å². The molecule has 0 saturated carbocycles. The second-order valence-corrected chi connectivity index (χ2v) is 5.98. The lowest BCUT2D eigenvalue weighted by Gasteiger charge is -2.09. The summed E-state index contributed by atoms with van der Waals surface area (Å²) in [5.74, 6) is -0.150. The van der Waals surface area contributed by atoms with Gasteiger partial charge in [-0.3, -0.25) is 9.59 Å². The molecule has 0 unspecified atom stereocenters. The first kappa shape index (κ1) is 18.8. The number of aromatic nitrogens is 1. The van der Waals surface area contributed by atoms with E-state index in [1.54, 1.807) is 13.0 Å². The van der Waals surface area contributed by atoms with Crippen molar-refractivity contribution in [3.8, 4) is 0 Å². The van der Waals surface area contributed by atoms with Crippen LogP contribution in [0.5, 0.6) is 0 Å². The summed E-state index contributed by atoms with van der Waals surface area (Å²) < 4.78 is 42.6. The summed E-state index contributed by atoms with van der Waals surface area (Å²) in [6, 6.07) is 5.88. The molecule has 25 heavy (non-hydrogen) atoms. The van der Waals surface area contributed by atoms with Gasteiger partial charge in [0.15, 0.2) is 5.82 Å². The second kappa shape index (κ2) is 8.06. The highest BCUT2D eigenvalue weighted by Gasteiger charge is 2.30. The zero-order valence-corrected chi connectivity index (χ0v) is 13.8. The van der Waals surface area contributed by atoms with Crippen LogP contribution in [0.15, 0.2) is 34.9 Å². The Morgan fingerprint density at radius 2 is 1.84 bits per heavy atom. The van der Waals surface area contributed by atoms with Gasteiger partial charge in [0, 0.05) is 11.8 Å². The normalized spacial score (nSPS) is 11.2. The highest BCUT2D eigenvalue weighted by molar-refractivity contribution is 8.00. The third kappa shape index (κ3) is 6.14. The quantitative estimate of drug-likeness (QED) is 0.812. The maximum Gasteiger partial charge on any atom is 0.416 e. The number of hydrogen-bond acceptors (Lipinski definition) is 5. The van der Waals surface area contributed by atoms with E-state index in [-0.39, 0.29) is 28.9 Å². The SMILES string of the molecule is Cc1cc(NC(=O)CSCC(=O)Nc2cccc(C(F)(F)F)c2)no1. The fraction of sp³-hybridized carbons (Fsp3) is 0.267. The summed E-state index contributed by atoms with van der Waals surface area (Å²) in [5, 5.41) is 8.45. The number of rotatable bonds is 6. The van der Waals surface area contributed by atoms with Crippen LogP contribution >= 0.6 is 11.8 Å². The third-order valence-corrected chi connectivity index (χ3v) is 3.77. The number of halogens is 3. The van der Waals surface area contributed by atoms with Crippen LogP contribution in [0, 0.1) is 6.92 Å². The van der Waals surface area contributed by atoms with Gasteiger partial charge in [0.1, 0.15) is 5.76 Å². The van der Waals surface area contributed by atoms with E-state index in [1.807, 2.05) is 0 Å². The van der Waals surface area contributed by atoms with E-state index in [0.717, 1.165) is 23.9 Å². The number of carbonyl (C=O) groups excluding carboxylic acids is 2. The van der Waals surface area contributed by atoms with Gasteiger partial charge in [-0.1, -0.05) is 11.2 Å². The Morgan fingerprint density at radius 1 is 1.16 bits per heavy atom. The number of hydrogen-bond donors (Lipinski definition) is 2. The van der Waals surface area contributed by atoms with Gasteiger partial charge in [-0.05, 0) is 25.1 Å². The van der Waals surface area contributed by atoms with Crippen LogP contribution in [0.25, 0.3) is 0 Å². The fourth-order valence-electron chi connectivity index (χ4n) is 1.81. The molecule has 1 heterocycles. The second-order valence-electron chi connectivity index (χ2n) is 4.99. The van der Waals surface area contributed by atoms with Crippen molar-refractivity contribution in [2.24, 2.45) is 0 Å². The topological polar surface area (TPSA) is 84.2 Å². The van der Waals surface area contributed by atoms with Crippen molar-refractivity contribution < 1.29 is 27.3 Å². The van der Waals surface area contributed by atoms with Crippen molar-refractivity contribution >= 4 is 35.1 Å². The van der Waals surface area contributed by atoms with E-state index in [9.17, 15) is 22.8 Å². The Labute approximate surface area is 145 Å². The lowest BCUT2D eigenvalue weighted by Crippen LogP contribution is -2.18. The third-order valence-electron chi connectivity index (χ3n) is 2.84. The molecule has 1 aromatic carbocycles. The molecule has 6 nitrogen and oxygen atoms in total. The van der Waals surface area contributed by atoms with Gasteiger partial charge in [-0.15, -0.1) is 11.8 Å². The van der Waals surface area contributed by atoms with Crippen LogP contribution in [0.1, 0.15) is 11.3 Å². The molecule has 0 spiro atoms. The largest absolute Gasteiger partial charge is 0.416 e. The highest BCUT2D eigenvalue weighted by atomic mass is 32.2. The van der Waals surface area contributed by atoms with Crippen LogP contribution in [-0.4, -0.2) is 28.5 Å². The summed E-state index contributed by atoms with van der Waals surface area (Å²) in [4.78, 5) is 23.4. The number of nitrogens with zero attached hydrogens (tertiary/aromatic N) is 1. The zero-order valence-electron chi connectivity index (χ0n) is 13.0. The molecule has 0 atom stereocenters. The molecule has 0 bridgehead atoms. The minimum absolute atomic E-state index is 0.0120. The molecule has 10 heteroatoms. The van der Waals surface area contributed by atoms with Gasteiger partial charge >= 0.3 is 6.18 Å². The van der Waals surface area contributed by atoms with Crippen molar-refractivity contribution in [2.75, 3.05) is 22.1 Å². The summed E-state index contributed by atoms with van der Waals surface area (Å²) in [5.41, 5.74) is -0.803. The summed E-state index contributed by atoms with van der Waals surface area (Å²) in [6.07, 6.45) is -4.48. The Morgan fingerprint density at radius 3 is 2.44 bits per heavy atom. The van der Waals surface area contributed by atoms with Gasteiger partial charge in [0.05, 0.1) is 17.1 Å². The van der Waals surface area contributed by atoms with Gasteiger partial charge < -0.3 is 15.2 Å². The molecule has 2 N–H and O–H groups in total. The van der Waals surface area contributed by atoms with Gasteiger partial charge in [0.2, 0.25) is 11.8 Å². The zero-order chi connectivity index (χ0) is 18.4. The number of alkyl halides is 3. The Bertz CT molecular complexity index is 762. The van der Waals surface area contributed by atoms with E-state index in [2.05, 4.69) is 15.8 Å². The molecule has 0 aliphatic rings. The van der Waals surface area contributed by atoms with E-state index in [0.29, 0.717) is 5.76 Å². The number of aryl methyl sites for hydroxylation is 1. The number of nitrogens with one attached hydrogen (secondary N) is 2.